The number of benzene rings is 1. The van der Waals surface area contributed by atoms with Gasteiger partial charge >= 0.3 is 0 Å². The molecular weight excluding hydrogens is 395 g/mol. The van der Waals surface area contributed by atoms with E-state index in [0.29, 0.717) is 42.2 Å². The van der Waals surface area contributed by atoms with Crippen LogP contribution in [-0.4, -0.2) is 47.8 Å². The van der Waals surface area contributed by atoms with E-state index >= 15 is 0 Å². The first-order valence-corrected chi connectivity index (χ1v) is 10.7. The van der Waals surface area contributed by atoms with E-state index in [0.717, 1.165) is 6.26 Å². The minimum atomic E-state index is -3.31. The van der Waals surface area contributed by atoms with E-state index in [4.69, 9.17) is 11.6 Å². The SMILES string of the molecule is CS(=O)(=O)N1CCCC(C(=O)Nc2cnn(Cc3ccc(F)cc3Cl)c2)C1. The lowest BCUT2D eigenvalue weighted by Crippen LogP contribution is -2.43. The summed E-state index contributed by atoms with van der Waals surface area (Å²) in [7, 11) is -3.31. The van der Waals surface area contributed by atoms with Gasteiger partial charge in [-0.15, -0.1) is 0 Å². The molecule has 0 saturated carbocycles. The van der Waals surface area contributed by atoms with E-state index in [1.54, 1.807) is 16.9 Å². The molecule has 1 aliphatic rings. The Morgan fingerprint density at radius 2 is 2.22 bits per heavy atom. The molecule has 1 aliphatic heterocycles. The largest absolute Gasteiger partial charge is 0.323 e. The third kappa shape index (κ3) is 5.06. The van der Waals surface area contributed by atoms with Gasteiger partial charge in [0.25, 0.3) is 0 Å². The zero-order valence-electron chi connectivity index (χ0n) is 14.7. The molecule has 3 rings (SSSR count). The summed E-state index contributed by atoms with van der Waals surface area (Å²) in [6.07, 6.45) is 5.59. The van der Waals surface area contributed by atoms with E-state index in [1.165, 1.54) is 22.6 Å². The van der Waals surface area contributed by atoms with E-state index in [-0.39, 0.29) is 12.5 Å². The number of amides is 1. The molecule has 7 nitrogen and oxygen atoms in total. The quantitative estimate of drug-likeness (QED) is 0.813. The van der Waals surface area contributed by atoms with Gasteiger partial charge in [0, 0.05) is 24.3 Å². The van der Waals surface area contributed by atoms with Crippen molar-refractivity contribution in [1.82, 2.24) is 14.1 Å². The standard InChI is InChI=1S/C17H20ClFN4O3S/c1-27(25,26)23-6-2-3-13(10-23)17(24)21-15-8-20-22(11-15)9-12-4-5-14(19)7-16(12)18/h4-5,7-8,11,13H,2-3,6,9-10H2,1H3,(H,21,24). The van der Waals surface area contributed by atoms with E-state index in [1.807, 2.05) is 0 Å². The van der Waals surface area contributed by atoms with Gasteiger partial charge in [-0.25, -0.2) is 17.1 Å². The molecule has 146 valence electrons. The highest BCUT2D eigenvalue weighted by Gasteiger charge is 2.30. The van der Waals surface area contributed by atoms with Crippen LogP contribution in [0.3, 0.4) is 0 Å². The molecule has 0 spiro atoms. The van der Waals surface area contributed by atoms with Crippen molar-refractivity contribution in [1.29, 1.82) is 0 Å². The van der Waals surface area contributed by atoms with Gasteiger partial charge in [0.15, 0.2) is 0 Å². The highest BCUT2D eigenvalue weighted by Crippen LogP contribution is 2.21. The van der Waals surface area contributed by atoms with Gasteiger partial charge in [0.1, 0.15) is 5.82 Å². The molecule has 1 saturated heterocycles. The monoisotopic (exact) mass is 414 g/mol. The molecular formula is C17H20ClFN4O3S. The number of halogens is 2. The van der Waals surface area contributed by atoms with Crippen LogP contribution in [0.1, 0.15) is 18.4 Å². The minimum absolute atomic E-state index is 0.185. The lowest BCUT2D eigenvalue weighted by molar-refractivity contribution is -0.120. The number of rotatable bonds is 5. The van der Waals surface area contributed by atoms with Gasteiger partial charge in [-0.05, 0) is 30.5 Å². The normalized spacial score (nSPS) is 18.4. The fourth-order valence-electron chi connectivity index (χ4n) is 3.04. The number of hydrogen-bond acceptors (Lipinski definition) is 4. The number of aromatic nitrogens is 2. The van der Waals surface area contributed by atoms with Crippen LogP contribution in [0.5, 0.6) is 0 Å². The first kappa shape index (κ1) is 19.8. The fraction of sp³-hybridized carbons (Fsp3) is 0.412. The Kier molecular flexibility index (Phi) is 5.83. The van der Waals surface area contributed by atoms with Gasteiger partial charge in [-0.2, -0.15) is 5.10 Å². The van der Waals surface area contributed by atoms with Gasteiger partial charge in [0.05, 0.1) is 30.6 Å². The Labute approximate surface area is 162 Å². The Balaban J connectivity index is 1.62. The van der Waals surface area contributed by atoms with Crippen LogP contribution in [0.25, 0.3) is 0 Å². The summed E-state index contributed by atoms with van der Waals surface area (Å²) in [6.45, 7) is 0.962. The second kappa shape index (κ2) is 7.95. The molecule has 2 heterocycles. The fourth-order valence-corrected chi connectivity index (χ4v) is 4.18. The van der Waals surface area contributed by atoms with Crippen LogP contribution < -0.4 is 5.32 Å². The van der Waals surface area contributed by atoms with Crippen LogP contribution in [0.2, 0.25) is 5.02 Å². The van der Waals surface area contributed by atoms with Gasteiger partial charge < -0.3 is 5.32 Å². The lowest BCUT2D eigenvalue weighted by Gasteiger charge is -2.29. The second-order valence-corrected chi connectivity index (χ2v) is 9.00. The van der Waals surface area contributed by atoms with E-state index in [9.17, 15) is 17.6 Å². The van der Waals surface area contributed by atoms with Crippen LogP contribution in [0, 0.1) is 11.7 Å². The number of piperidine rings is 1. The number of carbonyl (C=O) groups excluding carboxylic acids is 1. The molecule has 0 radical (unpaired) electrons. The van der Waals surface area contributed by atoms with Crippen molar-refractivity contribution >= 4 is 33.2 Å². The first-order valence-electron chi connectivity index (χ1n) is 8.45. The average molecular weight is 415 g/mol. The van der Waals surface area contributed by atoms with Crippen molar-refractivity contribution in [3.63, 3.8) is 0 Å². The Morgan fingerprint density at radius 3 is 2.93 bits per heavy atom. The van der Waals surface area contributed by atoms with Crippen LogP contribution in [0.4, 0.5) is 10.1 Å². The number of nitrogens with one attached hydrogen (secondary N) is 1. The van der Waals surface area contributed by atoms with Gasteiger partial charge in [-0.1, -0.05) is 17.7 Å². The summed E-state index contributed by atoms with van der Waals surface area (Å²) in [5, 5.41) is 7.25. The van der Waals surface area contributed by atoms with Gasteiger partial charge in [0.2, 0.25) is 15.9 Å². The van der Waals surface area contributed by atoms with Crippen LogP contribution >= 0.6 is 11.6 Å². The Bertz CT molecular complexity index is 947. The maximum absolute atomic E-state index is 13.1. The zero-order chi connectivity index (χ0) is 19.6. The molecule has 1 aromatic carbocycles. The van der Waals surface area contributed by atoms with Crippen LogP contribution in [-0.2, 0) is 21.4 Å². The van der Waals surface area contributed by atoms with Crippen molar-refractivity contribution in [2.75, 3.05) is 24.7 Å². The molecule has 1 N–H and O–H groups in total. The zero-order valence-corrected chi connectivity index (χ0v) is 16.3. The smallest absolute Gasteiger partial charge is 0.228 e. The van der Waals surface area contributed by atoms with E-state index < -0.39 is 21.8 Å². The van der Waals surface area contributed by atoms with Crippen molar-refractivity contribution in [3.8, 4) is 0 Å². The van der Waals surface area contributed by atoms with E-state index in [2.05, 4.69) is 10.4 Å². The predicted octanol–water partition coefficient (Wildman–Crippen LogP) is 2.33. The molecule has 1 aromatic heterocycles. The molecule has 1 amide bonds. The van der Waals surface area contributed by atoms with Crippen molar-refractivity contribution in [2.24, 2.45) is 5.92 Å². The predicted molar refractivity (Wildman–Crippen MR) is 101 cm³/mol. The third-order valence-electron chi connectivity index (χ3n) is 4.47. The van der Waals surface area contributed by atoms with Crippen molar-refractivity contribution in [3.05, 3.63) is 47.0 Å². The Hall–Kier alpha value is -1.97. The van der Waals surface area contributed by atoms with Gasteiger partial charge in [-0.3, -0.25) is 9.48 Å². The molecule has 0 aliphatic carbocycles. The second-order valence-electron chi connectivity index (χ2n) is 6.61. The summed E-state index contributed by atoms with van der Waals surface area (Å²) < 4.78 is 39.4. The molecule has 1 fully saturated rings. The Morgan fingerprint density at radius 1 is 1.44 bits per heavy atom. The maximum atomic E-state index is 13.1. The summed E-state index contributed by atoms with van der Waals surface area (Å²) in [5.41, 5.74) is 1.21. The van der Waals surface area contributed by atoms with Crippen LogP contribution in [0.15, 0.2) is 30.6 Å². The molecule has 1 atom stereocenters. The molecule has 27 heavy (non-hydrogen) atoms. The summed E-state index contributed by atoms with van der Waals surface area (Å²) in [6, 6.07) is 4.14. The number of carbonyl (C=O) groups is 1. The molecule has 1 unspecified atom stereocenters. The number of nitrogens with zero attached hydrogens (tertiary/aromatic N) is 3. The minimum Gasteiger partial charge on any atom is -0.323 e. The summed E-state index contributed by atoms with van der Waals surface area (Å²) in [5.74, 6) is -1.04. The van der Waals surface area contributed by atoms with Crippen molar-refractivity contribution < 1.29 is 17.6 Å². The number of sulfonamides is 1. The lowest BCUT2D eigenvalue weighted by atomic mass is 9.99. The maximum Gasteiger partial charge on any atom is 0.228 e. The summed E-state index contributed by atoms with van der Waals surface area (Å²) >= 11 is 6.02. The number of hydrogen-bond donors (Lipinski definition) is 1. The molecule has 2 aromatic rings. The summed E-state index contributed by atoms with van der Waals surface area (Å²) in [4.78, 5) is 12.5. The first-order chi connectivity index (χ1) is 12.7. The van der Waals surface area contributed by atoms with Crippen molar-refractivity contribution in [2.45, 2.75) is 19.4 Å². The molecule has 10 heteroatoms. The highest BCUT2D eigenvalue weighted by molar-refractivity contribution is 7.88. The third-order valence-corrected chi connectivity index (χ3v) is 6.09. The average Bonchev–Trinajstić information content (AvgIpc) is 3.04. The highest BCUT2D eigenvalue weighted by atomic mass is 35.5. The number of anilines is 1. The molecule has 0 bridgehead atoms. The topological polar surface area (TPSA) is 84.3 Å².